The first-order valence-corrected chi connectivity index (χ1v) is 11.5. The van der Waals surface area contributed by atoms with Gasteiger partial charge in [0.25, 0.3) is 0 Å². The summed E-state index contributed by atoms with van der Waals surface area (Å²) < 4.78 is 26.1. The van der Waals surface area contributed by atoms with Gasteiger partial charge >= 0.3 is 11.8 Å². The van der Waals surface area contributed by atoms with Crippen molar-refractivity contribution in [3.63, 3.8) is 0 Å². The van der Waals surface area contributed by atoms with Crippen molar-refractivity contribution in [2.24, 2.45) is 0 Å². The van der Waals surface area contributed by atoms with Gasteiger partial charge in [-0.25, -0.2) is 8.42 Å². The van der Waals surface area contributed by atoms with Crippen molar-refractivity contribution < 1.29 is 18.0 Å². The third kappa shape index (κ3) is 4.83. The SMILES string of the molecule is O=C(NCc1cccnc1)C(=O)NC[C@H](c1cccs1)S(=O)(=O)c1cccs1. The van der Waals surface area contributed by atoms with Gasteiger partial charge in [0, 0.05) is 30.4 Å². The molecule has 0 spiro atoms. The second-order valence-corrected chi connectivity index (χ2v) is 10.0. The van der Waals surface area contributed by atoms with Crippen LogP contribution < -0.4 is 10.6 Å². The summed E-state index contributed by atoms with van der Waals surface area (Å²) in [5, 5.41) is 7.43. The smallest absolute Gasteiger partial charge is 0.309 e. The minimum Gasteiger partial charge on any atom is -0.346 e. The van der Waals surface area contributed by atoms with E-state index in [0.29, 0.717) is 4.88 Å². The van der Waals surface area contributed by atoms with Crippen LogP contribution in [0.3, 0.4) is 0 Å². The molecule has 0 saturated heterocycles. The first-order chi connectivity index (χ1) is 13.5. The molecule has 0 saturated carbocycles. The van der Waals surface area contributed by atoms with E-state index < -0.39 is 26.9 Å². The Morgan fingerprint density at radius 1 is 1.00 bits per heavy atom. The van der Waals surface area contributed by atoms with Gasteiger partial charge in [0.15, 0.2) is 9.84 Å². The molecule has 3 rings (SSSR count). The number of aromatic nitrogens is 1. The zero-order valence-corrected chi connectivity index (χ0v) is 17.0. The Kier molecular flexibility index (Phi) is 6.55. The summed E-state index contributed by atoms with van der Waals surface area (Å²) in [6.07, 6.45) is 3.19. The Morgan fingerprint density at radius 3 is 2.39 bits per heavy atom. The second-order valence-electron chi connectivity index (χ2n) is 5.74. The minimum atomic E-state index is -3.68. The van der Waals surface area contributed by atoms with Crippen molar-refractivity contribution in [2.75, 3.05) is 6.54 Å². The maximum atomic E-state index is 12.9. The number of hydrogen-bond acceptors (Lipinski definition) is 7. The van der Waals surface area contributed by atoms with Crippen LogP contribution in [0.2, 0.25) is 0 Å². The molecule has 3 aromatic heterocycles. The normalized spacial score (nSPS) is 12.3. The molecular weight excluding hydrogens is 418 g/mol. The van der Waals surface area contributed by atoms with E-state index in [4.69, 9.17) is 0 Å². The monoisotopic (exact) mass is 435 g/mol. The van der Waals surface area contributed by atoms with E-state index >= 15 is 0 Å². The van der Waals surface area contributed by atoms with Crippen molar-refractivity contribution in [2.45, 2.75) is 16.0 Å². The van der Waals surface area contributed by atoms with Crippen molar-refractivity contribution in [3.05, 3.63) is 70.0 Å². The van der Waals surface area contributed by atoms with E-state index in [0.717, 1.165) is 16.9 Å². The van der Waals surface area contributed by atoms with Gasteiger partial charge in [-0.05, 0) is 34.5 Å². The molecule has 10 heteroatoms. The van der Waals surface area contributed by atoms with Gasteiger partial charge in [0.2, 0.25) is 0 Å². The van der Waals surface area contributed by atoms with E-state index in [1.54, 1.807) is 53.5 Å². The molecule has 0 aliphatic carbocycles. The van der Waals surface area contributed by atoms with Gasteiger partial charge in [-0.2, -0.15) is 0 Å². The lowest BCUT2D eigenvalue weighted by molar-refractivity contribution is -0.139. The summed E-state index contributed by atoms with van der Waals surface area (Å²) in [4.78, 5) is 28.7. The van der Waals surface area contributed by atoms with Gasteiger partial charge in [-0.1, -0.05) is 18.2 Å². The second kappa shape index (κ2) is 9.09. The fourth-order valence-electron chi connectivity index (χ4n) is 2.43. The molecule has 3 heterocycles. The molecule has 0 bridgehead atoms. The van der Waals surface area contributed by atoms with Crippen molar-refractivity contribution >= 4 is 44.3 Å². The molecule has 0 fully saturated rings. The highest BCUT2D eigenvalue weighted by molar-refractivity contribution is 7.93. The van der Waals surface area contributed by atoms with E-state index in [1.165, 1.54) is 17.4 Å². The first kappa shape index (κ1) is 20.2. The summed E-state index contributed by atoms with van der Waals surface area (Å²) in [6, 6.07) is 10.1. The Labute approximate surface area is 170 Å². The van der Waals surface area contributed by atoms with Crippen LogP contribution in [0.15, 0.2) is 63.8 Å². The fraction of sp³-hybridized carbons (Fsp3) is 0.167. The van der Waals surface area contributed by atoms with Gasteiger partial charge in [0.1, 0.15) is 9.46 Å². The maximum absolute atomic E-state index is 12.9. The van der Waals surface area contributed by atoms with E-state index in [-0.39, 0.29) is 17.3 Å². The number of carbonyl (C=O) groups is 2. The lowest BCUT2D eigenvalue weighted by atomic mass is 10.3. The third-order valence-corrected chi connectivity index (χ3v) is 8.49. The van der Waals surface area contributed by atoms with Crippen LogP contribution in [0.5, 0.6) is 0 Å². The zero-order chi connectivity index (χ0) is 20.0. The van der Waals surface area contributed by atoms with Crippen molar-refractivity contribution in [1.82, 2.24) is 15.6 Å². The Morgan fingerprint density at radius 2 is 1.75 bits per heavy atom. The standard InChI is InChI=1S/C18H17N3O4S3/c22-17(20-11-13-4-1-7-19-10-13)18(23)21-12-15(14-5-2-8-26-14)28(24,25)16-6-3-9-27-16/h1-10,15H,11-12H2,(H,20,22)(H,21,23)/t15-/m1/s1. The number of hydrogen-bond donors (Lipinski definition) is 2. The average Bonchev–Trinajstić information content (AvgIpc) is 3.41. The Balaban J connectivity index is 1.65. The molecule has 28 heavy (non-hydrogen) atoms. The average molecular weight is 436 g/mol. The summed E-state index contributed by atoms with van der Waals surface area (Å²) in [6.45, 7) is -0.0398. The van der Waals surface area contributed by atoms with E-state index in [1.807, 2.05) is 0 Å². The predicted octanol–water partition coefficient (Wildman–Crippen LogP) is 2.15. The molecule has 2 N–H and O–H groups in total. The number of thiophene rings is 2. The molecule has 0 aliphatic rings. The summed E-state index contributed by atoms with van der Waals surface area (Å²) in [5.41, 5.74) is 0.750. The molecular formula is C18H17N3O4S3. The quantitative estimate of drug-likeness (QED) is 0.553. The van der Waals surface area contributed by atoms with Crippen LogP contribution in [0, 0.1) is 0 Å². The number of nitrogens with zero attached hydrogens (tertiary/aromatic N) is 1. The summed E-state index contributed by atoms with van der Waals surface area (Å²) in [5.74, 6) is -1.71. The number of pyridine rings is 1. The summed E-state index contributed by atoms with van der Waals surface area (Å²) >= 11 is 2.41. The number of rotatable bonds is 7. The topological polar surface area (TPSA) is 105 Å². The molecule has 0 aliphatic heterocycles. The highest BCUT2D eigenvalue weighted by atomic mass is 32.2. The van der Waals surface area contributed by atoms with Gasteiger partial charge in [0.05, 0.1) is 0 Å². The van der Waals surface area contributed by atoms with Crippen LogP contribution in [0.25, 0.3) is 0 Å². The van der Waals surface area contributed by atoms with Crippen LogP contribution in [-0.4, -0.2) is 31.8 Å². The van der Waals surface area contributed by atoms with Crippen molar-refractivity contribution in [1.29, 1.82) is 0 Å². The molecule has 3 aromatic rings. The Hall–Kier alpha value is -2.56. The van der Waals surface area contributed by atoms with Crippen LogP contribution >= 0.6 is 22.7 Å². The van der Waals surface area contributed by atoms with Gasteiger partial charge in [-0.15, -0.1) is 22.7 Å². The molecule has 0 aromatic carbocycles. The molecule has 146 valence electrons. The lowest BCUT2D eigenvalue weighted by Crippen LogP contribution is -2.41. The number of nitrogens with one attached hydrogen (secondary N) is 2. The molecule has 7 nitrogen and oxygen atoms in total. The van der Waals surface area contributed by atoms with Crippen LogP contribution in [0.4, 0.5) is 0 Å². The third-order valence-electron chi connectivity index (χ3n) is 3.84. The van der Waals surface area contributed by atoms with Crippen LogP contribution in [-0.2, 0) is 26.0 Å². The fourth-order valence-corrected chi connectivity index (χ4v) is 6.42. The highest BCUT2D eigenvalue weighted by Crippen LogP contribution is 2.33. The van der Waals surface area contributed by atoms with Gasteiger partial charge in [-0.3, -0.25) is 14.6 Å². The molecule has 0 unspecified atom stereocenters. The molecule has 2 amide bonds. The van der Waals surface area contributed by atoms with E-state index in [9.17, 15) is 18.0 Å². The molecule has 1 atom stereocenters. The summed E-state index contributed by atoms with van der Waals surface area (Å²) in [7, 11) is -3.68. The van der Waals surface area contributed by atoms with Gasteiger partial charge < -0.3 is 10.6 Å². The van der Waals surface area contributed by atoms with Crippen molar-refractivity contribution in [3.8, 4) is 0 Å². The predicted molar refractivity (Wildman–Crippen MR) is 108 cm³/mol. The van der Waals surface area contributed by atoms with E-state index in [2.05, 4.69) is 15.6 Å². The largest absolute Gasteiger partial charge is 0.346 e. The Bertz CT molecular complexity index is 1020. The number of sulfone groups is 1. The highest BCUT2D eigenvalue weighted by Gasteiger charge is 2.31. The minimum absolute atomic E-state index is 0.155. The number of amides is 2. The lowest BCUT2D eigenvalue weighted by Gasteiger charge is -2.16. The number of carbonyl (C=O) groups excluding carboxylic acids is 2. The zero-order valence-electron chi connectivity index (χ0n) is 14.6. The maximum Gasteiger partial charge on any atom is 0.309 e. The van der Waals surface area contributed by atoms with Crippen LogP contribution in [0.1, 0.15) is 15.7 Å². The first-order valence-electron chi connectivity index (χ1n) is 8.24. The molecule has 0 radical (unpaired) electrons.